The third-order valence-corrected chi connectivity index (χ3v) is 10.6. The average molecular weight is 793 g/mol. The molecule has 0 amide bonds. The van der Waals surface area contributed by atoms with Gasteiger partial charge in [0.2, 0.25) is 0 Å². The molecule has 0 rings (SSSR count). The number of hydrogen-bond donors (Lipinski definition) is 0. The van der Waals surface area contributed by atoms with Crippen LogP contribution in [-0.4, -0.2) is 77.5 Å². The van der Waals surface area contributed by atoms with Crippen LogP contribution in [0.2, 0.25) is 0 Å². The minimum Gasteiger partial charge on any atom is -0.201 e. The van der Waals surface area contributed by atoms with E-state index in [-0.39, 0.29) is 0 Å². The predicted molar refractivity (Wildman–Crippen MR) is 97.5 cm³/mol. The van der Waals surface area contributed by atoms with E-state index in [9.17, 15) is 114 Å². The Bertz CT molecular complexity index is 959. The molecule has 0 N–H and O–H groups in total. The van der Waals surface area contributed by atoms with Crippen molar-refractivity contribution < 1.29 is 114 Å². The van der Waals surface area contributed by atoms with E-state index in [1.807, 2.05) is 0 Å². The molecule has 0 aromatic heterocycles. The quantitative estimate of drug-likeness (QED) is 0.0934. The Morgan fingerprint density at radius 1 is 0.289 bits per heavy atom. The standard InChI is InChI=1S/C16H8Cl2F26Si/c17-45(18,15(41,42)13(37,38)11(33,34)9(29,30)5(19,20)1-3-7(23,24)25)16(43,44)14(39,40)12(35,36)10(31,32)6(21,22)2-4-8(26,27)28/h1-4H2. The van der Waals surface area contributed by atoms with Crippen molar-refractivity contribution in [1.82, 2.24) is 0 Å². The highest BCUT2D eigenvalue weighted by atomic mass is 35.7. The maximum Gasteiger partial charge on any atom is 0.417 e. The minimum absolute atomic E-state index is 3.28. The summed E-state index contributed by atoms with van der Waals surface area (Å²) in [5.74, 6) is -66.1. The second-order valence-corrected chi connectivity index (χ2v) is 15.2. The monoisotopic (exact) mass is 792 g/mol. The van der Waals surface area contributed by atoms with Gasteiger partial charge in [0.25, 0.3) is 0 Å². The topological polar surface area (TPSA) is 0 Å². The van der Waals surface area contributed by atoms with E-state index in [1.54, 1.807) is 0 Å². The van der Waals surface area contributed by atoms with Crippen molar-refractivity contribution in [1.29, 1.82) is 0 Å². The second kappa shape index (κ2) is 11.5. The molecule has 0 aliphatic rings. The summed E-state index contributed by atoms with van der Waals surface area (Å²) in [6, 6.07) is 0. The lowest BCUT2D eigenvalue weighted by Gasteiger charge is -2.46. The summed E-state index contributed by atoms with van der Waals surface area (Å²) < 4.78 is 349. The summed E-state index contributed by atoms with van der Waals surface area (Å²) in [6.07, 6.45) is -25.9. The van der Waals surface area contributed by atoms with E-state index in [0.29, 0.717) is 0 Å². The van der Waals surface area contributed by atoms with Crippen molar-refractivity contribution >= 4 is 28.9 Å². The van der Waals surface area contributed by atoms with Gasteiger partial charge in [-0.05, 0) is 0 Å². The van der Waals surface area contributed by atoms with Crippen LogP contribution in [-0.2, 0) is 0 Å². The van der Waals surface area contributed by atoms with Gasteiger partial charge in [-0.15, -0.1) is 22.2 Å². The molecule has 0 radical (unpaired) electrons. The van der Waals surface area contributed by atoms with Crippen LogP contribution in [0.4, 0.5) is 114 Å². The van der Waals surface area contributed by atoms with Crippen LogP contribution in [0.5, 0.6) is 0 Å². The van der Waals surface area contributed by atoms with Gasteiger partial charge in [0.1, 0.15) is 0 Å². The van der Waals surface area contributed by atoms with E-state index in [2.05, 4.69) is 22.2 Å². The number of alkyl halides is 26. The molecule has 272 valence electrons. The molecule has 0 saturated carbocycles. The van der Waals surface area contributed by atoms with Gasteiger partial charge in [-0.2, -0.15) is 96.6 Å². The third-order valence-electron chi connectivity index (χ3n) is 5.52. The highest BCUT2D eigenvalue weighted by Gasteiger charge is 2.97. The summed E-state index contributed by atoms with van der Waals surface area (Å²) in [5.41, 5.74) is -17.1. The Labute approximate surface area is 240 Å². The highest BCUT2D eigenvalue weighted by Crippen LogP contribution is 2.67. The van der Waals surface area contributed by atoms with Gasteiger partial charge in [0.15, 0.2) is 0 Å². The first-order chi connectivity index (χ1) is 18.9. The molecule has 0 spiro atoms. The SMILES string of the molecule is FC(F)(F)CCC(F)(F)C(F)(F)C(F)(F)C(F)(F)C(F)(F)[Si](Cl)(Cl)C(F)(F)C(F)(F)C(F)(F)C(F)(F)C(F)(F)CCC(F)(F)F. The van der Waals surface area contributed by atoms with Gasteiger partial charge in [-0.1, -0.05) is 0 Å². The fourth-order valence-corrected chi connectivity index (χ4v) is 5.67. The van der Waals surface area contributed by atoms with Crippen molar-refractivity contribution in [2.75, 3.05) is 0 Å². The molecule has 0 aromatic carbocycles. The first kappa shape index (κ1) is 44.0. The third kappa shape index (κ3) is 6.81. The zero-order valence-corrected chi connectivity index (χ0v) is 22.4. The number of rotatable bonds is 14. The Morgan fingerprint density at radius 3 is 0.667 bits per heavy atom. The Morgan fingerprint density at radius 2 is 0.489 bits per heavy atom. The highest BCUT2D eigenvalue weighted by molar-refractivity contribution is 7.47. The van der Waals surface area contributed by atoms with Crippen molar-refractivity contribution in [2.24, 2.45) is 0 Å². The van der Waals surface area contributed by atoms with Gasteiger partial charge in [0, 0.05) is 25.7 Å². The maximum atomic E-state index is 14.3. The zero-order valence-electron chi connectivity index (χ0n) is 19.9. The van der Waals surface area contributed by atoms with Crippen LogP contribution in [0.15, 0.2) is 0 Å². The number of halogens is 28. The molecular weight excluding hydrogens is 785 g/mol. The van der Waals surface area contributed by atoms with Crippen molar-refractivity contribution in [3.05, 3.63) is 0 Å². The molecule has 0 unspecified atom stereocenters. The molecule has 0 bridgehead atoms. The minimum atomic E-state index is -9.72. The fraction of sp³-hybridized carbons (Fsp3) is 1.00. The van der Waals surface area contributed by atoms with Gasteiger partial charge in [-0.25, -0.2) is 17.6 Å². The predicted octanol–water partition coefficient (Wildman–Crippen LogP) is 11.0. The van der Waals surface area contributed by atoms with Gasteiger partial charge in [-0.3, -0.25) is 0 Å². The molecule has 0 aromatic rings. The largest absolute Gasteiger partial charge is 0.417 e. The van der Waals surface area contributed by atoms with Gasteiger partial charge >= 0.3 is 77.5 Å². The van der Waals surface area contributed by atoms with E-state index in [1.165, 1.54) is 0 Å². The van der Waals surface area contributed by atoms with Crippen molar-refractivity contribution in [3.63, 3.8) is 0 Å². The molecule has 0 nitrogen and oxygen atoms in total. The molecular formula is C16H8Cl2F26Si. The van der Waals surface area contributed by atoms with Crippen LogP contribution in [0.1, 0.15) is 25.7 Å². The smallest absolute Gasteiger partial charge is 0.201 e. The van der Waals surface area contributed by atoms with Crippen molar-refractivity contribution in [3.8, 4) is 0 Å². The van der Waals surface area contributed by atoms with E-state index in [0.717, 1.165) is 0 Å². The van der Waals surface area contributed by atoms with Crippen LogP contribution in [0, 0.1) is 0 Å². The van der Waals surface area contributed by atoms with Gasteiger partial charge < -0.3 is 0 Å². The summed E-state index contributed by atoms with van der Waals surface area (Å²) in [5, 5.41) is 0. The Balaban J connectivity index is 7.13. The first-order valence-electron chi connectivity index (χ1n) is 10.2. The first-order valence-corrected chi connectivity index (χ1v) is 14.2. The van der Waals surface area contributed by atoms with E-state index >= 15 is 0 Å². The summed E-state index contributed by atoms with van der Waals surface area (Å²) >= 11 is 7.77. The summed E-state index contributed by atoms with van der Waals surface area (Å²) in [6.45, 7) is -9.72. The van der Waals surface area contributed by atoms with Crippen LogP contribution >= 0.6 is 22.2 Å². The lowest BCUT2D eigenvalue weighted by Crippen LogP contribution is -2.79. The summed E-state index contributed by atoms with van der Waals surface area (Å²) in [7, 11) is 0. The fourth-order valence-electron chi connectivity index (χ4n) is 2.75. The lowest BCUT2D eigenvalue weighted by atomic mass is 9.95. The molecule has 0 heterocycles. The molecule has 0 saturated heterocycles. The van der Waals surface area contributed by atoms with E-state index < -0.39 is 103 Å². The van der Waals surface area contributed by atoms with Crippen LogP contribution < -0.4 is 0 Å². The molecule has 0 fully saturated rings. The number of hydrogen-bond acceptors (Lipinski definition) is 0. The van der Waals surface area contributed by atoms with Crippen LogP contribution in [0.25, 0.3) is 0 Å². The molecule has 45 heavy (non-hydrogen) atoms. The van der Waals surface area contributed by atoms with Crippen LogP contribution in [0.3, 0.4) is 0 Å². The molecule has 0 aliphatic carbocycles. The lowest BCUT2D eigenvalue weighted by molar-refractivity contribution is -0.400. The zero-order chi connectivity index (χ0) is 37.3. The van der Waals surface area contributed by atoms with E-state index in [4.69, 9.17) is 0 Å². The molecule has 0 aliphatic heterocycles. The second-order valence-electron chi connectivity index (χ2n) is 8.81. The molecule has 0 atom stereocenters. The maximum absolute atomic E-state index is 14.3. The van der Waals surface area contributed by atoms with Gasteiger partial charge in [0.05, 0.1) is 0 Å². The molecule has 29 heteroatoms. The normalized spacial score (nSPS) is 16.8. The van der Waals surface area contributed by atoms with Crippen molar-refractivity contribution in [2.45, 2.75) is 96.5 Å². The Kier molecular flexibility index (Phi) is 11.3. The average Bonchev–Trinajstić information content (AvgIpc) is 2.79. The Hall–Kier alpha value is -1.02. The summed E-state index contributed by atoms with van der Waals surface area (Å²) in [4.78, 5) is 0.